The van der Waals surface area contributed by atoms with E-state index in [-0.39, 0.29) is 0 Å². The fraction of sp³-hybridized carbons (Fsp3) is 0.500. The number of benzene rings is 1. The summed E-state index contributed by atoms with van der Waals surface area (Å²) in [6.45, 7) is 4.29. The van der Waals surface area contributed by atoms with E-state index in [0.717, 1.165) is 18.9 Å². The van der Waals surface area contributed by atoms with Crippen LogP contribution in [0.3, 0.4) is 0 Å². The molecule has 0 aromatic heterocycles. The van der Waals surface area contributed by atoms with Crippen LogP contribution in [0.15, 0.2) is 24.3 Å². The zero-order chi connectivity index (χ0) is 13.5. The second-order valence-electron chi connectivity index (χ2n) is 4.83. The average molecular weight is 259 g/mol. The first kappa shape index (κ1) is 13.9. The lowest BCUT2D eigenvalue weighted by Crippen LogP contribution is -2.28. The molecule has 1 aromatic rings. The smallest absolute Gasteiger partial charge is 0.148 e. The van der Waals surface area contributed by atoms with Gasteiger partial charge in [-0.25, -0.2) is 0 Å². The van der Waals surface area contributed by atoms with Crippen molar-refractivity contribution >= 4 is 0 Å². The Bertz CT molecular complexity index is 415. The highest BCUT2D eigenvalue weighted by Gasteiger charge is 2.16. The minimum Gasteiger partial charge on any atom is -0.481 e. The van der Waals surface area contributed by atoms with E-state index in [1.165, 1.54) is 18.4 Å². The van der Waals surface area contributed by atoms with E-state index in [0.29, 0.717) is 18.8 Å². The molecule has 1 aromatic carbocycles. The molecule has 3 heteroatoms. The molecule has 0 spiro atoms. The third-order valence-electron chi connectivity index (χ3n) is 3.38. The minimum atomic E-state index is 0.311. The monoisotopic (exact) mass is 259 g/mol. The lowest BCUT2D eigenvalue weighted by molar-refractivity contribution is 0.108. The highest BCUT2D eigenvalue weighted by atomic mass is 16.5. The van der Waals surface area contributed by atoms with Crippen molar-refractivity contribution in [2.45, 2.75) is 31.9 Å². The zero-order valence-electron chi connectivity index (χ0n) is 11.4. The van der Waals surface area contributed by atoms with Crippen molar-refractivity contribution in [3.63, 3.8) is 0 Å². The van der Waals surface area contributed by atoms with E-state index in [4.69, 9.17) is 15.9 Å². The molecule has 19 heavy (non-hydrogen) atoms. The van der Waals surface area contributed by atoms with Gasteiger partial charge >= 0.3 is 0 Å². The molecule has 0 radical (unpaired) electrons. The number of terminal acetylenes is 1. The molecule has 1 fully saturated rings. The first-order valence-electron chi connectivity index (χ1n) is 6.81. The summed E-state index contributed by atoms with van der Waals surface area (Å²) < 4.78 is 11.0. The second kappa shape index (κ2) is 7.18. The van der Waals surface area contributed by atoms with Crippen molar-refractivity contribution < 1.29 is 9.47 Å². The lowest BCUT2D eigenvalue weighted by atomic mass is 10.1. The molecule has 0 amide bonds. The molecule has 0 bridgehead atoms. The summed E-state index contributed by atoms with van der Waals surface area (Å²) in [5.74, 6) is 3.27. The molecule has 2 rings (SSSR count). The van der Waals surface area contributed by atoms with E-state index in [1.807, 2.05) is 12.1 Å². The number of ether oxygens (including phenoxy) is 2. The highest BCUT2D eigenvalue weighted by molar-refractivity contribution is 5.29. The third kappa shape index (κ3) is 4.27. The van der Waals surface area contributed by atoms with E-state index in [9.17, 15) is 0 Å². The molecule has 1 saturated heterocycles. The lowest BCUT2D eigenvalue weighted by Gasteiger charge is -2.17. The molecule has 1 aliphatic rings. The van der Waals surface area contributed by atoms with Gasteiger partial charge in [0, 0.05) is 19.2 Å². The molecule has 1 N–H and O–H groups in total. The first-order chi connectivity index (χ1) is 9.29. The Morgan fingerprint density at radius 2 is 2.26 bits per heavy atom. The maximum Gasteiger partial charge on any atom is 0.148 e. The summed E-state index contributed by atoms with van der Waals surface area (Å²) in [7, 11) is 0. The van der Waals surface area contributed by atoms with Crippen LogP contribution in [0.2, 0.25) is 0 Å². The topological polar surface area (TPSA) is 30.5 Å². The standard InChI is InChI=1S/C16H21NO2/c1-3-10-18-15-8-6-14(7-9-15)13(2)17-12-16-5-4-11-19-16/h1,6-9,13,16-17H,4-5,10-12H2,2H3/t13-,16+/m0/s1. The van der Waals surface area contributed by atoms with Gasteiger partial charge in [-0.2, -0.15) is 0 Å². The van der Waals surface area contributed by atoms with Crippen LogP contribution in [0.4, 0.5) is 0 Å². The Balaban J connectivity index is 1.81. The normalized spacial score (nSPS) is 19.9. The number of rotatable bonds is 6. The molecule has 1 heterocycles. The fourth-order valence-electron chi connectivity index (χ4n) is 2.21. The molecule has 0 unspecified atom stereocenters. The van der Waals surface area contributed by atoms with Gasteiger partial charge < -0.3 is 14.8 Å². The van der Waals surface area contributed by atoms with Gasteiger partial charge in [0.1, 0.15) is 12.4 Å². The van der Waals surface area contributed by atoms with Gasteiger partial charge in [-0.1, -0.05) is 18.1 Å². The second-order valence-corrected chi connectivity index (χ2v) is 4.83. The summed E-state index contributed by atoms with van der Waals surface area (Å²) in [6, 6.07) is 8.36. The molecule has 3 nitrogen and oxygen atoms in total. The zero-order valence-corrected chi connectivity index (χ0v) is 11.4. The van der Waals surface area contributed by atoms with Crippen LogP contribution in [-0.2, 0) is 4.74 Å². The predicted octanol–water partition coefficient (Wildman–Crippen LogP) is 2.53. The number of hydrogen-bond donors (Lipinski definition) is 1. The van der Waals surface area contributed by atoms with Crippen molar-refractivity contribution in [3.05, 3.63) is 29.8 Å². The van der Waals surface area contributed by atoms with E-state index in [1.54, 1.807) is 0 Å². The molecule has 0 saturated carbocycles. The van der Waals surface area contributed by atoms with Gasteiger partial charge in [-0.05, 0) is 37.5 Å². The number of nitrogens with one attached hydrogen (secondary N) is 1. The largest absolute Gasteiger partial charge is 0.481 e. The van der Waals surface area contributed by atoms with Gasteiger partial charge in [0.25, 0.3) is 0 Å². The average Bonchev–Trinajstić information content (AvgIpc) is 2.96. The van der Waals surface area contributed by atoms with Crippen molar-refractivity contribution in [2.24, 2.45) is 0 Å². The van der Waals surface area contributed by atoms with Gasteiger partial charge in [0.15, 0.2) is 0 Å². The Morgan fingerprint density at radius 3 is 2.89 bits per heavy atom. The maximum atomic E-state index is 5.60. The minimum absolute atomic E-state index is 0.311. The Labute approximate surface area is 115 Å². The molecular weight excluding hydrogens is 238 g/mol. The summed E-state index contributed by atoms with van der Waals surface area (Å²) in [4.78, 5) is 0. The first-order valence-corrected chi connectivity index (χ1v) is 6.81. The van der Waals surface area contributed by atoms with E-state index < -0.39 is 0 Å². The third-order valence-corrected chi connectivity index (χ3v) is 3.38. The van der Waals surface area contributed by atoms with Crippen LogP contribution < -0.4 is 10.1 Å². The van der Waals surface area contributed by atoms with Crippen LogP contribution in [0.25, 0.3) is 0 Å². The van der Waals surface area contributed by atoms with Crippen LogP contribution in [-0.4, -0.2) is 25.9 Å². The number of hydrogen-bond acceptors (Lipinski definition) is 3. The highest BCUT2D eigenvalue weighted by Crippen LogP contribution is 2.18. The predicted molar refractivity (Wildman–Crippen MR) is 76.2 cm³/mol. The van der Waals surface area contributed by atoms with E-state index >= 15 is 0 Å². The van der Waals surface area contributed by atoms with Crippen LogP contribution >= 0.6 is 0 Å². The SMILES string of the molecule is C#CCOc1ccc([C@H](C)NC[C@H]2CCCO2)cc1. The van der Waals surface area contributed by atoms with Gasteiger partial charge in [-0.3, -0.25) is 0 Å². The Kier molecular flexibility index (Phi) is 5.26. The molecular formula is C16H21NO2. The fourth-order valence-corrected chi connectivity index (χ4v) is 2.21. The van der Waals surface area contributed by atoms with Crippen molar-refractivity contribution in [1.82, 2.24) is 5.32 Å². The quantitative estimate of drug-likeness (QED) is 0.796. The summed E-state index contributed by atoms with van der Waals surface area (Å²) >= 11 is 0. The Morgan fingerprint density at radius 1 is 1.47 bits per heavy atom. The van der Waals surface area contributed by atoms with Gasteiger partial charge in [-0.15, -0.1) is 6.42 Å². The maximum absolute atomic E-state index is 5.60. The summed E-state index contributed by atoms with van der Waals surface area (Å²) in [5, 5.41) is 3.51. The van der Waals surface area contributed by atoms with Gasteiger partial charge in [0.2, 0.25) is 0 Å². The van der Waals surface area contributed by atoms with Crippen LogP contribution in [0.5, 0.6) is 5.75 Å². The van der Waals surface area contributed by atoms with Crippen molar-refractivity contribution in [2.75, 3.05) is 19.8 Å². The molecule has 0 aliphatic carbocycles. The van der Waals surface area contributed by atoms with Crippen LogP contribution in [0.1, 0.15) is 31.4 Å². The molecule has 2 atom stereocenters. The van der Waals surface area contributed by atoms with Crippen molar-refractivity contribution in [1.29, 1.82) is 0 Å². The van der Waals surface area contributed by atoms with E-state index in [2.05, 4.69) is 30.3 Å². The Hall–Kier alpha value is -1.50. The van der Waals surface area contributed by atoms with Gasteiger partial charge in [0.05, 0.1) is 6.10 Å². The van der Waals surface area contributed by atoms with Crippen molar-refractivity contribution in [3.8, 4) is 18.1 Å². The molecule has 1 aliphatic heterocycles. The van der Waals surface area contributed by atoms with Crippen LogP contribution in [0, 0.1) is 12.3 Å². The summed E-state index contributed by atoms with van der Waals surface area (Å²) in [5.41, 5.74) is 1.24. The summed E-state index contributed by atoms with van der Waals surface area (Å²) in [6.07, 6.45) is 7.88. The molecule has 102 valence electrons.